The van der Waals surface area contributed by atoms with Crippen molar-refractivity contribution in [2.24, 2.45) is 0 Å². The van der Waals surface area contributed by atoms with E-state index in [1.807, 2.05) is 49.9 Å². The first kappa shape index (κ1) is 15.0. The molecule has 0 spiro atoms. The largest absolute Gasteiger partial charge is 0.477 e. The zero-order chi connectivity index (χ0) is 15.4. The van der Waals surface area contributed by atoms with Crippen LogP contribution in [0.25, 0.3) is 11.4 Å². The quantitative estimate of drug-likeness (QED) is 0.914. The highest BCUT2D eigenvalue weighted by atomic mass is 16.4. The van der Waals surface area contributed by atoms with Gasteiger partial charge < -0.3 is 10.0 Å². The molecule has 0 bridgehead atoms. The number of aromatic carboxylic acids is 1. The molecular weight excluding hydrogens is 266 g/mol. The van der Waals surface area contributed by atoms with Gasteiger partial charge in [0.15, 0.2) is 11.5 Å². The molecule has 0 fully saturated rings. The van der Waals surface area contributed by atoms with Crippen molar-refractivity contribution in [1.29, 1.82) is 0 Å². The third kappa shape index (κ3) is 3.18. The van der Waals surface area contributed by atoms with Crippen LogP contribution in [0.5, 0.6) is 0 Å². The molecular formula is C16H19N3O2. The fourth-order valence-electron chi connectivity index (χ4n) is 2.20. The summed E-state index contributed by atoms with van der Waals surface area (Å²) < 4.78 is 0. The second kappa shape index (κ2) is 6.35. The van der Waals surface area contributed by atoms with E-state index in [-0.39, 0.29) is 5.69 Å². The first-order valence-electron chi connectivity index (χ1n) is 7.00. The molecule has 1 aromatic heterocycles. The lowest BCUT2D eigenvalue weighted by Gasteiger charge is -2.20. The van der Waals surface area contributed by atoms with E-state index in [1.54, 1.807) is 0 Å². The molecule has 0 atom stereocenters. The van der Waals surface area contributed by atoms with E-state index in [4.69, 9.17) is 0 Å². The molecule has 0 radical (unpaired) electrons. The maximum Gasteiger partial charge on any atom is 0.354 e. The Labute approximate surface area is 124 Å². The highest BCUT2D eigenvalue weighted by molar-refractivity contribution is 5.87. The van der Waals surface area contributed by atoms with Gasteiger partial charge in [0.25, 0.3) is 0 Å². The van der Waals surface area contributed by atoms with Crippen LogP contribution in [-0.4, -0.2) is 34.1 Å². The molecule has 0 aliphatic heterocycles. The Morgan fingerprint density at radius 1 is 1.19 bits per heavy atom. The van der Waals surface area contributed by atoms with Crippen molar-refractivity contribution in [3.63, 3.8) is 0 Å². The standard InChI is InChI=1S/C16H19N3O2/c1-4-19(5-2)14-10-13(16(20)21)17-15(18-14)12-9-7-6-8-11(12)3/h6-10H,4-5H2,1-3H3,(H,20,21). The first-order valence-corrected chi connectivity index (χ1v) is 7.00. The number of aromatic nitrogens is 2. The number of aryl methyl sites for hydroxylation is 1. The summed E-state index contributed by atoms with van der Waals surface area (Å²) in [5.41, 5.74) is 1.89. The monoisotopic (exact) mass is 285 g/mol. The fraction of sp³-hybridized carbons (Fsp3) is 0.312. The normalized spacial score (nSPS) is 10.4. The van der Waals surface area contributed by atoms with Crippen molar-refractivity contribution in [1.82, 2.24) is 9.97 Å². The van der Waals surface area contributed by atoms with Gasteiger partial charge in [0.05, 0.1) is 0 Å². The van der Waals surface area contributed by atoms with E-state index in [9.17, 15) is 9.90 Å². The predicted octanol–water partition coefficient (Wildman–Crippen LogP) is 3.00. The van der Waals surface area contributed by atoms with Crippen LogP contribution in [0, 0.1) is 6.92 Å². The Bertz CT molecular complexity index is 652. The molecule has 2 rings (SSSR count). The van der Waals surface area contributed by atoms with Crippen LogP contribution in [0.4, 0.5) is 5.82 Å². The number of benzene rings is 1. The Balaban J connectivity index is 2.61. The molecule has 1 heterocycles. The molecule has 0 aliphatic carbocycles. The van der Waals surface area contributed by atoms with Crippen LogP contribution in [-0.2, 0) is 0 Å². The van der Waals surface area contributed by atoms with E-state index in [2.05, 4.69) is 9.97 Å². The summed E-state index contributed by atoms with van der Waals surface area (Å²) in [7, 11) is 0. The lowest BCUT2D eigenvalue weighted by atomic mass is 10.1. The highest BCUT2D eigenvalue weighted by Crippen LogP contribution is 2.23. The Morgan fingerprint density at radius 2 is 1.86 bits per heavy atom. The summed E-state index contributed by atoms with van der Waals surface area (Å²) in [5, 5.41) is 9.27. The molecule has 0 amide bonds. The number of carboxylic acids is 1. The number of rotatable bonds is 5. The van der Waals surface area contributed by atoms with Crippen molar-refractivity contribution in [3.8, 4) is 11.4 Å². The molecule has 0 saturated heterocycles. The van der Waals surface area contributed by atoms with E-state index in [0.717, 1.165) is 24.2 Å². The van der Waals surface area contributed by atoms with Gasteiger partial charge in [-0.15, -0.1) is 0 Å². The number of nitrogens with zero attached hydrogens (tertiary/aromatic N) is 3. The third-order valence-corrected chi connectivity index (χ3v) is 3.41. The maximum absolute atomic E-state index is 11.3. The van der Waals surface area contributed by atoms with Crippen molar-refractivity contribution >= 4 is 11.8 Å². The molecule has 5 heteroatoms. The summed E-state index contributed by atoms with van der Waals surface area (Å²) >= 11 is 0. The predicted molar refractivity (Wildman–Crippen MR) is 82.7 cm³/mol. The van der Waals surface area contributed by atoms with E-state index < -0.39 is 5.97 Å². The van der Waals surface area contributed by atoms with Gasteiger partial charge in [-0.3, -0.25) is 0 Å². The molecule has 0 aliphatic rings. The fourth-order valence-corrected chi connectivity index (χ4v) is 2.20. The van der Waals surface area contributed by atoms with Gasteiger partial charge in [-0.1, -0.05) is 24.3 Å². The van der Waals surface area contributed by atoms with Gasteiger partial charge in [0, 0.05) is 24.7 Å². The molecule has 0 unspecified atom stereocenters. The Kier molecular flexibility index (Phi) is 4.52. The molecule has 5 nitrogen and oxygen atoms in total. The second-order valence-electron chi connectivity index (χ2n) is 4.73. The minimum Gasteiger partial charge on any atom is -0.477 e. The molecule has 21 heavy (non-hydrogen) atoms. The Morgan fingerprint density at radius 3 is 2.43 bits per heavy atom. The number of hydrogen-bond donors (Lipinski definition) is 1. The van der Waals surface area contributed by atoms with Crippen LogP contribution in [0.15, 0.2) is 30.3 Å². The van der Waals surface area contributed by atoms with Crippen LogP contribution >= 0.6 is 0 Å². The summed E-state index contributed by atoms with van der Waals surface area (Å²) in [6.07, 6.45) is 0. The first-order chi connectivity index (χ1) is 10.1. The zero-order valence-electron chi connectivity index (χ0n) is 12.5. The minimum absolute atomic E-state index is 0.0187. The zero-order valence-corrected chi connectivity index (χ0v) is 12.5. The smallest absolute Gasteiger partial charge is 0.354 e. The van der Waals surface area contributed by atoms with E-state index in [1.165, 1.54) is 6.07 Å². The van der Waals surface area contributed by atoms with Crippen LogP contribution in [0.3, 0.4) is 0 Å². The average Bonchev–Trinajstić information content (AvgIpc) is 2.48. The van der Waals surface area contributed by atoms with Crippen LogP contribution < -0.4 is 4.90 Å². The number of anilines is 1. The van der Waals surface area contributed by atoms with Gasteiger partial charge in [-0.05, 0) is 26.3 Å². The SMILES string of the molecule is CCN(CC)c1cc(C(=O)O)nc(-c2ccccc2C)n1. The maximum atomic E-state index is 11.3. The summed E-state index contributed by atoms with van der Waals surface area (Å²) in [4.78, 5) is 22.0. The molecule has 1 N–H and O–H groups in total. The Hall–Kier alpha value is -2.43. The number of carbonyl (C=O) groups is 1. The lowest BCUT2D eigenvalue weighted by Crippen LogP contribution is -2.24. The van der Waals surface area contributed by atoms with Crippen LogP contribution in [0.1, 0.15) is 29.9 Å². The van der Waals surface area contributed by atoms with E-state index in [0.29, 0.717) is 11.6 Å². The second-order valence-corrected chi connectivity index (χ2v) is 4.73. The summed E-state index contributed by atoms with van der Waals surface area (Å²) in [6.45, 7) is 7.52. The third-order valence-electron chi connectivity index (χ3n) is 3.41. The van der Waals surface area contributed by atoms with Gasteiger partial charge in [-0.25, -0.2) is 14.8 Å². The molecule has 1 aromatic carbocycles. The van der Waals surface area contributed by atoms with Gasteiger partial charge >= 0.3 is 5.97 Å². The summed E-state index contributed by atoms with van der Waals surface area (Å²) in [6, 6.07) is 9.23. The number of carboxylic acid groups (broad SMARTS) is 1. The minimum atomic E-state index is -1.04. The highest BCUT2D eigenvalue weighted by Gasteiger charge is 2.15. The lowest BCUT2D eigenvalue weighted by molar-refractivity contribution is 0.0690. The van der Waals surface area contributed by atoms with Crippen molar-refractivity contribution in [3.05, 3.63) is 41.6 Å². The molecule has 110 valence electrons. The molecule has 2 aromatic rings. The van der Waals surface area contributed by atoms with Gasteiger partial charge in [0.2, 0.25) is 0 Å². The average molecular weight is 285 g/mol. The topological polar surface area (TPSA) is 66.3 Å². The van der Waals surface area contributed by atoms with Crippen molar-refractivity contribution in [2.75, 3.05) is 18.0 Å². The van der Waals surface area contributed by atoms with Crippen molar-refractivity contribution in [2.45, 2.75) is 20.8 Å². The van der Waals surface area contributed by atoms with Crippen LogP contribution in [0.2, 0.25) is 0 Å². The van der Waals surface area contributed by atoms with Gasteiger partial charge in [0.1, 0.15) is 5.82 Å². The van der Waals surface area contributed by atoms with Crippen molar-refractivity contribution < 1.29 is 9.90 Å². The van der Waals surface area contributed by atoms with Gasteiger partial charge in [-0.2, -0.15) is 0 Å². The van der Waals surface area contributed by atoms with E-state index >= 15 is 0 Å². The summed E-state index contributed by atoms with van der Waals surface area (Å²) in [5.74, 6) is 0.0567. The molecule has 0 saturated carbocycles. The number of hydrogen-bond acceptors (Lipinski definition) is 4.